The fraction of sp³-hybridized carbons (Fsp3) is 0.136. The average Bonchev–Trinajstić information content (AvgIpc) is 3.09. The lowest BCUT2D eigenvalue weighted by Crippen LogP contribution is -2.14. The van der Waals surface area contributed by atoms with Gasteiger partial charge in [0.05, 0.1) is 24.4 Å². The molecule has 28 heavy (non-hydrogen) atoms. The predicted octanol–water partition coefficient (Wildman–Crippen LogP) is 3.85. The molecule has 0 saturated heterocycles. The van der Waals surface area contributed by atoms with Crippen molar-refractivity contribution in [2.75, 3.05) is 6.61 Å². The van der Waals surface area contributed by atoms with Crippen LogP contribution in [0, 0.1) is 5.82 Å². The van der Waals surface area contributed by atoms with Crippen LogP contribution in [0.25, 0.3) is 16.6 Å². The second-order valence-electron chi connectivity index (χ2n) is 6.51. The van der Waals surface area contributed by atoms with Gasteiger partial charge in [-0.25, -0.2) is 4.39 Å². The zero-order valence-electron chi connectivity index (χ0n) is 15.0. The summed E-state index contributed by atoms with van der Waals surface area (Å²) in [5.41, 5.74) is 2.76. The van der Waals surface area contributed by atoms with Crippen molar-refractivity contribution in [3.8, 4) is 17.2 Å². The summed E-state index contributed by atoms with van der Waals surface area (Å²) in [6, 6.07) is 15.3. The minimum atomic E-state index is -0.807. The van der Waals surface area contributed by atoms with E-state index in [1.807, 2.05) is 41.1 Å². The Labute approximate surface area is 161 Å². The Kier molecular flexibility index (Phi) is 5.06. The molecule has 2 heterocycles. The number of pyridine rings is 1. The predicted molar refractivity (Wildman–Crippen MR) is 104 cm³/mol. The number of ether oxygens (including phenoxy) is 1. The second-order valence-corrected chi connectivity index (χ2v) is 6.51. The van der Waals surface area contributed by atoms with E-state index in [4.69, 9.17) is 9.84 Å². The van der Waals surface area contributed by atoms with Gasteiger partial charge in [-0.15, -0.1) is 0 Å². The topological polar surface area (TPSA) is 67.5 Å². The fourth-order valence-electron chi connectivity index (χ4n) is 3.15. The molecule has 0 spiro atoms. The molecule has 2 N–H and O–H groups in total. The van der Waals surface area contributed by atoms with E-state index in [0.717, 1.165) is 22.2 Å². The third kappa shape index (κ3) is 3.74. The van der Waals surface area contributed by atoms with Crippen LogP contribution in [-0.4, -0.2) is 32.5 Å². The van der Waals surface area contributed by atoms with E-state index in [-0.39, 0.29) is 12.4 Å². The Morgan fingerprint density at radius 2 is 1.68 bits per heavy atom. The first-order chi connectivity index (χ1) is 13.6. The van der Waals surface area contributed by atoms with Gasteiger partial charge in [0.25, 0.3) is 0 Å². The van der Waals surface area contributed by atoms with E-state index < -0.39 is 6.10 Å². The molecule has 5 nitrogen and oxygen atoms in total. The number of halogens is 1. The number of aliphatic hydroxyl groups is 2. The van der Waals surface area contributed by atoms with Crippen LogP contribution in [0.3, 0.4) is 0 Å². The van der Waals surface area contributed by atoms with Gasteiger partial charge >= 0.3 is 0 Å². The normalized spacial score (nSPS) is 12.2. The van der Waals surface area contributed by atoms with Gasteiger partial charge < -0.3 is 19.5 Å². The van der Waals surface area contributed by atoms with Gasteiger partial charge in [0.15, 0.2) is 0 Å². The Morgan fingerprint density at radius 1 is 1.00 bits per heavy atom. The zero-order chi connectivity index (χ0) is 19.5. The first-order valence-electron chi connectivity index (χ1n) is 8.91. The first kappa shape index (κ1) is 18.2. The second kappa shape index (κ2) is 7.80. The Morgan fingerprint density at radius 3 is 2.36 bits per heavy atom. The van der Waals surface area contributed by atoms with Gasteiger partial charge in [0.1, 0.15) is 17.3 Å². The van der Waals surface area contributed by atoms with Gasteiger partial charge in [-0.2, -0.15) is 0 Å². The van der Waals surface area contributed by atoms with E-state index in [9.17, 15) is 9.50 Å². The number of hydrogen-bond acceptors (Lipinski definition) is 4. The molecule has 0 amide bonds. The highest BCUT2D eigenvalue weighted by Crippen LogP contribution is 2.27. The van der Waals surface area contributed by atoms with E-state index in [1.54, 1.807) is 24.5 Å². The van der Waals surface area contributed by atoms with Crippen LogP contribution in [-0.2, 0) is 6.42 Å². The highest BCUT2D eigenvalue weighted by Gasteiger charge is 2.13. The van der Waals surface area contributed by atoms with Crippen LogP contribution in [0.2, 0.25) is 0 Å². The molecule has 0 fully saturated rings. The number of benzene rings is 2. The van der Waals surface area contributed by atoms with Crippen molar-refractivity contribution in [2.24, 2.45) is 0 Å². The van der Waals surface area contributed by atoms with Crippen molar-refractivity contribution < 1.29 is 19.3 Å². The standard InChI is InChI=1S/C22H19FN2O3/c23-16-1-5-19(6-2-16)28-20-7-3-17(4-8-20)25-13-15(11-18(27)14-26)21-9-10-24-12-22(21)25/h1-10,12-13,18,26-27H,11,14H2. The molecule has 6 heteroatoms. The van der Waals surface area contributed by atoms with Crippen molar-refractivity contribution in [2.45, 2.75) is 12.5 Å². The summed E-state index contributed by atoms with van der Waals surface area (Å²) in [7, 11) is 0. The monoisotopic (exact) mass is 378 g/mol. The average molecular weight is 378 g/mol. The maximum Gasteiger partial charge on any atom is 0.127 e. The van der Waals surface area contributed by atoms with Crippen molar-refractivity contribution in [3.63, 3.8) is 0 Å². The summed E-state index contributed by atoms with van der Waals surface area (Å²) in [5.74, 6) is 0.892. The summed E-state index contributed by atoms with van der Waals surface area (Å²) < 4.78 is 20.7. The Hall–Kier alpha value is -3.22. The molecular weight excluding hydrogens is 359 g/mol. The van der Waals surface area contributed by atoms with E-state index >= 15 is 0 Å². The summed E-state index contributed by atoms with van der Waals surface area (Å²) in [6.07, 6.45) is 4.98. The number of aliphatic hydroxyl groups excluding tert-OH is 2. The van der Waals surface area contributed by atoms with Crippen molar-refractivity contribution in [3.05, 3.63) is 84.6 Å². The number of nitrogens with zero attached hydrogens (tertiary/aromatic N) is 2. The molecule has 0 saturated carbocycles. The molecule has 1 unspecified atom stereocenters. The lowest BCUT2D eigenvalue weighted by molar-refractivity contribution is 0.0957. The SMILES string of the molecule is OCC(O)Cc1cn(-c2ccc(Oc3ccc(F)cc3)cc2)c2cnccc12. The molecule has 0 bridgehead atoms. The molecule has 0 aliphatic heterocycles. The van der Waals surface area contributed by atoms with Gasteiger partial charge in [-0.1, -0.05) is 0 Å². The third-order valence-electron chi connectivity index (χ3n) is 4.52. The molecule has 0 aliphatic rings. The zero-order valence-corrected chi connectivity index (χ0v) is 15.0. The highest BCUT2D eigenvalue weighted by molar-refractivity contribution is 5.84. The van der Waals surface area contributed by atoms with Crippen LogP contribution < -0.4 is 4.74 Å². The summed E-state index contributed by atoms with van der Waals surface area (Å²) >= 11 is 0. The fourth-order valence-corrected chi connectivity index (χ4v) is 3.15. The third-order valence-corrected chi connectivity index (χ3v) is 4.52. The van der Waals surface area contributed by atoms with Crippen molar-refractivity contribution in [1.29, 1.82) is 0 Å². The number of aromatic nitrogens is 2. The van der Waals surface area contributed by atoms with E-state index in [1.165, 1.54) is 12.1 Å². The van der Waals surface area contributed by atoms with Crippen molar-refractivity contribution in [1.82, 2.24) is 9.55 Å². The van der Waals surface area contributed by atoms with Crippen LogP contribution in [0.5, 0.6) is 11.5 Å². The maximum absolute atomic E-state index is 13.0. The maximum atomic E-state index is 13.0. The van der Waals surface area contributed by atoms with Crippen LogP contribution in [0.15, 0.2) is 73.2 Å². The summed E-state index contributed by atoms with van der Waals surface area (Å²) in [4.78, 5) is 4.20. The van der Waals surface area contributed by atoms with E-state index in [0.29, 0.717) is 17.9 Å². The number of hydrogen-bond donors (Lipinski definition) is 2. The van der Waals surface area contributed by atoms with Crippen LogP contribution >= 0.6 is 0 Å². The molecule has 0 aliphatic carbocycles. The lowest BCUT2D eigenvalue weighted by Gasteiger charge is -2.08. The molecule has 4 rings (SSSR count). The van der Waals surface area contributed by atoms with E-state index in [2.05, 4.69) is 4.98 Å². The van der Waals surface area contributed by atoms with Crippen LogP contribution in [0.1, 0.15) is 5.56 Å². The van der Waals surface area contributed by atoms with Crippen LogP contribution in [0.4, 0.5) is 4.39 Å². The van der Waals surface area contributed by atoms with Gasteiger partial charge in [0, 0.05) is 29.9 Å². The Bertz CT molecular complexity index is 1080. The molecule has 4 aromatic rings. The van der Waals surface area contributed by atoms with Gasteiger partial charge in [0.2, 0.25) is 0 Å². The van der Waals surface area contributed by atoms with Crippen molar-refractivity contribution >= 4 is 10.9 Å². The Balaban J connectivity index is 1.63. The smallest absolute Gasteiger partial charge is 0.127 e. The van der Waals surface area contributed by atoms with Gasteiger partial charge in [-0.3, -0.25) is 4.98 Å². The molecule has 2 aromatic carbocycles. The molecule has 142 valence electrons. The molecular formula is C22H19FN2O3. The molecule has 1 atom stereocenters. The lowest BCUT2D eigenvalue weighted by atomic mass is 10.1. The van der Waals surface area contributed by atoms with Gasteiger partial charge in [-0.05, 0) is 60.2 Å². The molecule has 2 aromatic heterocycles. The minimum Gasteiger partial charge on any atom is -0.457 e. The summed E-state index contributed by atoms with van der Waals surface area (Å²) in [6.45, 7) is -0.285. The number of rotatable bonds is 6. The largest absolute Gasteiger partial charge is 0.457 e. The quantitative estimate of drug-likeness (QED) is 0.535. The number of fused-ring (bicyclic) bond motifs is 1. The first-order valence-corrected chi connectivity index (χ1v) is 8.91. The highest BCUT2D eigenvalue weighted by atomic mass is 19.1. The summed E-state index contributed by atoms with van der Waals surface area (Å²) in [5, 5.41) is 20.0. The minimum absolute atomic E-state index is 0.285. The molecule has 0 radical (unpaired) electrons.